The van der Waals surface area contributed by atoms with Crippen LogP contribution >= 0.6 is 0 Å². The van der Waals surface area contributed by atoms with Crippen LogP contribution in [0.25, 0.3) is 0 Å². The highest BCUT2D eigenvalue weighted by molar-refractivity contribution is 5.95. The molecule has 3 aliphatic heterocycles. The Kier molecular flexibility index (Phi) is 4.10. The molecule has 1 aromatic carbocycles. The molecule has 1 aromatic heterocycles. The van der Waals surface area contributed by atoms with E-state index < -0.39 is 0 Å². The maximum absolute atomic E-state index is 12.8. The van der Waals surface area contributed by atoms with Crippen molar-refractivity contribution in [2.75, 3.05) is 26.3 Å². The molecule has 0 aliphatic carbocycles. The summed E-state index contributed by atoms with van der Waals surface area (Å²) in [7, 11) is 0. The van der Waals surface area contributed by atoms with Crippen molar-refractivity contribution in [1.29, 1.82) is 0 Å². The summed E-state index contributed by atoms with van der Waals surface area (Å²) in [4.78, 5) is 18.8. The van der Waals surface area contributed by atoms with Gasteiger partial charge in [0.05, 0.1) is 39.1 Å². The number of carbonyl (C=O) groups excluding carboxylic acids is 1. The molecule has 2 saturated heterocycles. The lowest BCUT2D eigenvalue weighted by Gasteiger charge is -2.50. The first kappa shape index (κ1) is 16.7. The van der Waals surface area contributed by atoms with Gasteiger partial charge in [-0.05, 0) is 41.8 Å². The zero-order valence-corrected chi connectivity index (χ0v) is 15.1. The monoisotopic (exact) mass is 366 g/mol. The number of ether oxygens (including phenoxy) is 3. The predicted octanol–water partition coefficient (Wildman–Crippen LogP) is 2.42. The Hall–Kier alpha value is -2.44. The fourth-order valence-corrected chi connectivity index (χ4v) is 4.23. The number of pyridine rings is 1. The molecule has 6 nitrogen and oxygen atoms in total. The minimum atomic E-state index is -0.266. The zero-order valence-electron chi connectivity index (χ0n) is 15.1. The summed E-state index contributed by atoms with van der Waals surface area (Å²) in [6.45, 7) is 3.80. The van der Waals surface area contributed by atoms with Crippen LogP contribution in [0.15, 0.2) is 42.7 Å². The van der Waals surface area contributed by atoms with E-state index >= 15 is 0 Å². The molecule has 4 heterocycles. The van der Waals surface area contributed by atoms with Gasteiger partial charge in [0.2, 0.25) is 0 Å². The van der Waals surface area contributed by atoms with E-state index in [9.17, 15) is 4.79 Å². The number of aromatic nitrogens is 1. The Labute approximate surface area is 158 Å². The molecule has 140 valence electrons. The van der Waals surface area contributed by atoms with Crippen molar-refractivity contribution < 1.29 is 19.0 Å². The normalized spacial score (nSPS) is 22.5. The van der Waals surface area contributed by atoms with Gasteiger partial charge >= 0.3 is 0 Å². The van der Waals surface area contributed by atoms with Gasteiger partial charge in [0, 0.05) is 24.3 Å². The molecule has 0 bridgehead atoms. The van der Waals surface area contributed by atoms with Crippen LogP contribution in [0.3, 0.4) is 0 Å². The molecular weight excluding hydrogens is 344 g/mol. The predicted molar refractivity (Wildman–Crippen MR) is 97.4 cm³/mol. The molecule has 0 N–H and O–H groups in total. The molecule has 1 spiro atoms. The average Bonchev–Trinajstić information content (AvgIpc) is 3.31. The summed E-state index contributed by atoms with van der Waals surface area (Å²) < 4.78 is 17.4. The molecule has 0 radical (unpaired) electrons. The van der Waals surface area contributed by atoms with Gasteiger partial charge in [-0.2, -0.15) is 0 Å². The number of rotatable bonds is 4. The van der Waals surface area contributed by atoms with E-state index in [0.717, 1.165) is 29.9 Å². The first-order valence-corrected chi connectivity index (χ1v) is 9.39. The highest BCUT2D eigenvalue weighted by Gasteiger charge is 2.54. The highest BCUT2D eigenvalue weighted by atomic mass is 16.5. The van der Waals surface area contributed by atoms with Crippen LogP contribution in [0.5, 0.6) is 5.75 Å². The van der Waals surface area contributed by atoms with Gasteiger partial charge in [0.25, 0.3) is 5.91 Å². The van der Waals surface area contributed by atoms with E-state index in [1.165, 1.54) is 5.56 Å². The topological polar surface area (TPSA) is 60.9 Å². The average molecular weight is 366 g/mol. The third kappa shape index (κ3) is 2.99. The van der Waals surface area contributed by atoms with Gasteiger partial charge in [-0.3, -0.25) is 9.78 Å². The van der Waals surface area contributed by atoms with Gasteiger partial charge in [0.1, 0.15) is 11.4 Å². The fraction of sp³-hybridized carbons (Fsp3) is 0.429. The van der Waals surface area contributed by atoms with E-state index in [0.29, 0.717) is 32.9 Å². The van der Waals surface area contributed by atoms with Crippen LogP contribution in [0.1, 0.15) is 27.9 Å². The smallest absolute Gasteiger partial charge is 0.254 e. The van der Waals surface area contributed by atoms with Crippen LogP contribution in [0.2, 0.25) is 0 Å². The van der Waals surface area contributed by atoms with Gasteiger partial charge in [-0.15, -0.1) is 0 Å². The number of benzene rings is 1. The van der Waals surface area contributed by atoms with E-state index in [1.54, 1.807) is 12.4 Å². The van der Waals surface area contributed by atoms with Crippen LogP contribution in [0.4, 0.5) is 0 Å². The van der Waals surface area contributed by atoms with E-state index in [-0.39, 0.29) is 17.4 Å². The highest BCUT2D eigenvalue weighted by Crippen LogP contribution is 2.41. The minimum Gasteiger partial charge on any atom is -0.492 e. The van der Waals surface area contributed by atoms with Gasteiger partial charge in [0.15, 0.2) is 0 Å². The van der Waals surface area contributed by atoms with E-state index in [2.05, 4.69) is 4.98 Å². The van der Waals surface area contributed by atoms with Crippen LogP contribution in [-0.2, 0) is 22.7 Å². The van der Waals surface area contributed by atoms with Crippen LogP contribution < -0.4 is 4.74 Å². The van der Waals surface area contributed by atoms with Crippen molar-refractivity contribution in [3.63, 3.8) is 0 Å². The Balaban J connectivity index is 1.22. The lowest BCUT2D eigenvalue weighted by atomic mass is 9.81. The number of hydrogen-bond acceptors (Lipinski definition) is 5. The minimum absolute atomic E-state index is 0.0674. The largest absolute Gasteiger partial charge is 0.492 e. The van der Waals surface area contributed by atoms with Crippen LogP contribution in [0, 0.1) is 5.92 Å². The summed E-state index contributed by atoms with van der Waals surface area (Å²) in [5.74, 6) is 1.13. The Morgan fingerprint density at radius 2 is 2.15 bits per heavy atom. The van der Waals surface area contributed by atoms with Crippen LogP contribution in [-0.4, -0.2) is 47.7 Å². The SMILES string of the molecule is O=C(c1ccc2c(c1)COC2)N1CC2(C1)OCCC2COc1cccnc1. The summed E-state index contributed by atoms with van der Waals surface area (Å²) in [6.07, 6.45) is 4.41. The number of carbonyl (C=O) groups is 1. The molecule has 2 aromatic rings. The number of amides is 1. The second-order valence-corrected chi connectivity index (χ2v) is 7.54. The Morgan fingerprint density at radius 3 is 3.00 bits per heavy atom. The van der Waals surface area contributed by atoms with Crippen molar-refractivity contribution in [3.8, 4) is 5.75 Å². The first-order valence-electron chi connectivity index (χ1n) is 9.39. The van der Waals surface area contributed by atoms with Gasteiger partial charge < -0.3 is 19.1 Å². The summed E-state index contributed by atoms with van der Waals surface area (Å²) in [5, 5.41) is 0. The fourth-order valence-electron chi connectivity index (χ4n) is 4.23. The molecule has 27 heavy (non-hydrogen) atoms. The molecule has 1 unspecified atom stereocenters. The van der Waals surface area contributed by atoms with E-state index in [4.69, 9.17) is 14.2 Å². The molecule has 3 aliphatic rings. The number of hydrogen-bond donors (Lipinski definition) is 0. The lowest BCUT2D eigenvalue weighted by Crippen LogP contribution is -2.66. The molecule has 2 fully saturated rings. The quantitative estimate of drug-likeness (QED) is 0.832. The summed E-state index contributed by atoms with van der Waals surface area (Å²) >= 11 is 0. The Morgan fingerprint density at radius 1 is 1.26 bits per heavy atom. The number of nitrogens with zero attached hydrogens (tertiary/aromatic N) is 2. The third-order valence-electron chi connectivity index (χ3n) is 5.86. The molecule has 6 heteroatoms. The first-order chi connectivity index (χ1) is 13.2. The number of likely N-dealkylation sites (tertiary alicyclic amines) is 1. The van der Waals surface area contributed by atoms with Gasteiger partial charge in [-0.1, -0.05) is 6.07 Å². The number of fused-ring (bicyclic) bond motifs is 1. The van der Waals surface area contributed by atoms with Gasteiger partial charge in [-0.25, -0.2) is 0 Å². The third-order valence-corrected chi connectivity index (χ3v) is 5.86. The molecule has 0 saturated carbocycles. The maximum atomic E-state index is 12.8. The summed E-state index contributed by atoms with van der Waals surface area (Å²) in [6, 6.07) is 9.64. The van der Waals surface area contributed by atoms with E-state index in [1.807, 2.05) is 35.2 Å². The second-order valence-electron chi connectivity index (χ2n) is 7.54. The van der Waals surface area contributed by atoms with Crippen molar-refractivity contribution >= 4 is 5.91 Å². The van der Waals surface area contributed by atoms with Crippen molar-refractivity contribution in [3.05, 3.63) is 59.4 Å². The lowest BCUT2D eigenvalue weighted by molar-refractivity contribution is -0.122. The molecule has 1 amide bonds. The second kappa shape index (κ2) is 6.62. The molecule has 1 atom stereocenters. The molecular formula is C21H22N2O4. The van der Waals surface area contributed by atoms with Crippen molar-refractivity contribution in [1.82, 2.24) is 9.88 Å². The van der Waals surface area contributed by atoms with Crippen molar-refractivity contribution in [2.24, 2.45) is 5.92 Å². The van der Waals surface area contributed by atoms with Crippen molar-refractivity contribution in [2.45, 2.75) is 25.2 Å². The zero-order chi connectivity index (χ0) is 18.3. The summed E-state index contributed by atoms with van der Waals surface area (Å²) in [5.41, 5.74) is 2.77. The molecule has 5 rings (SSSR count). The standard InChI is InChI=1S/C21H22N2O4/c24-20(15-3-4-16-10-25-11-17(16)8-15)23-13-21(14-23)18(5-7-27-21)12-26-19-2-1-6-22-9-19/h1-4,6,8-9,18H,5,7,10-14H2. The maximum Gasteiger partial charge on any atom is 0.254 e. The Bertz CT molecular complexity index is 849.